The number of aromatic nitrogens is 2. The van der Waals surface area contributed by atoms with Crippen molar-refractivity contribution in [2.75, 3.05) is 26.2 Å². The van der Waals surface area contributed by atoms with Crippen molar-refractivity contribution >= 4 is 15.9 Å². The van der Waals surface area contributed by atoms with Crippen molar-refractivity contribution in [2.45, 2.75) is 30.6 Å². The van der Waals surface area contributed by atoms with E-state index in [1.165, 1.54) is 16.3 Å². The molecule has 0 bridgehead atoms. The lowest BCUT2D eigenvalue weighted by Gasteiger charge is -2.34. The first-order valence-corrected chi connectivity index (χ1v) is 12.5. The highest BCUT2D eigenvalue weighted by Crippen LogP contribution is 2.26. The van der Waals surface area contributed by atoms with Crippen molar-refractivity contribution in [1.29, 1.82) is 0 Å². The molecule has 1 saturated heterocycles. The maximum atomic E-state index is 13.2. The van der Waals surface area contributed by atoms with Gasteiger partial charge in [0.25, 0.3) is 5.91 Å². The molecule has 7 nitrogen and oxygen atoms in total. The molecule has 1 aromatic heterocycles. The second kappa shape index (κ2) is 8.52. The Morgan fingerprint density at radius 1 is 0.875 bits per heavy atom. The minimum atomic E-state index is -3.56. The quantitative estimate of drug-likeness (QED) is 0.613. The fourth-order valence-corrected chi connectivity index (χ4v) is 5.96. The number of fused-ring (bicyclic) bond motifs is 1. The Hall–Kier alpha value is -2.97. The number of amides is 1. The largest absolute Gasteiger partial charge is 0.336 e. The van der Waals surface area contributed by atoms with E-state index in [2.05, 4.69) is 5.10 Å². The average molecular weight is 451 g/mol. The predicted octanol–water partition coefficient (Wildman–Crippen LogP) is 2.90. The summed E-state index contributed by atoms with van der Waals surface area (Å²) in [4.78, 5) is 15.0. The van der Waals surface area contributed by atoms with Crippen LogP contribution < -0.4 is 0 Å². The highest BCUT2D eigenvalue weighted by molar-refractivity contribution is 7.89. The number of aryl methyl sites for hydroxylation is 2. The van der Waals surface area contributed by atoms with Gasteiger partial charge in [0.15, 0.2) is 0 Å². The van der Waals surface area contributed by atoms with E-state index in [1.54, 1.807) is 28.0 Å². The van der Waals surface area contributed by atoms with Gasteiger partial charge in [-0.15, -0.1) is 0 Å². The van der Waals surface area contributed by atoms with Crippen LogP contribution >= 0.6 is 0 Å². The first kappa shape index (κ1) is 20.9. The summed E-state index contributed by atoms with van der Waals surface area (Å²) >= 11 is 0. The summed E-state index contributed by atoms with van der Waals surface area (Å²) in [6.07, 6.45) is 7.52. The molecule has 0 unspecified atom stereocenters. The molecular weight excluding hydrogens is 424 g/mol. The molecule has 1 amide bonds. The minimum Gasteiger partial charge on any atom is -0.336 e. The van der Waals surface area contributed by atoms with Crippen LogP contribution in [0.4, 0.5) is 0 Å². The highest BCUT2D eigenvalue weighted by atomic mass is 32.2. The minimum absolute atomic E-state index is 0.127. The molecule has 0 N–H and O–H groups in total. The van der Waals surface area contributed by atoms with Crippen LogP contribution in [0.5, 0.6) is 0 Å². The van der Waals surface area contributed by atoms with E-state index in [4.69, 9.17) is 0 Å². The Morgan fingerprint density at radius 2 is 1.59 bits per heavy atom. The topological polar surface area (TPSA) is 75.5 Å². The lowest BCUT2D eigenvalue weighted by Crippen LogP contribution is -2.50. The van der Waals surface area contributed by atoms with Gasteiger partial charge in [-0.05, 0) is 61.1 Å². The van der Waals surface area contributed by atoms with E-state index < -0.39 is 10.0 Å². The monoisotopic (exact) mass is 450 g/mol. The number of sulfonamides is 1. The number of rotatable bonds is 4. The summed E-state index contributed by atoms with van der Waals surface area (Å²) in [5, 5.41) is 4.29. The van der Waals surface area contributed by atoms with Crippen LogP contribution in [0.3, 0.4) is 0 Å². The third-order valence-corrected chi connectivity index (χ3v) is 8.23. The normalized spacial score (nSPS) is 17.2. The van der Waals surface area contributed by atoms with E-state index in [1.807, 2.05) is 42.5 Å². The molecule has 8 heteroatoms. The van der Waals surface area contributed by atoms with Gasteiger partial charge in [0, 0.05) is 32.4 Å². The van der Waals surface area contributed by atoms with Crippen LogP contribution in [0.1, 0.15) is 34.3 Å². The Balaban J connectivity index is 1.26. The molecule has 2 aromatic carbocycles. The van der Waals surface area contributed by atoms with E-state index >= 15 is 0 Å². The zero-order valence-electron chi connectivity index (χ0n) is 17.9. The summed E-state index contributed by atoms with van der Waals surface area (Å²) in [5.41, 5.74) is 3.80. The first-order chi connectivity index (χ1) is 15.5. The molecule has 2 heterocycles. The maximum absolute atomic E-state index is 13.2. The Labute approximate surface area is 188 Å². The second-order valence-corrected chi connectivity index (χ2v) is 10.3. The van der Waals surface area contributed by atoms with Gasteiger partial charge in [-0.25, -0.2) is 13.1 Å². The van der Waals surface area contributed by atoms with E-state index in [0.29, 0.717) is 23.5 Å². The Kier molecular flexibility index (Phi) is 5.57. The van der Waals surface area contributed by atoms with Gasteiger partial charge in [0.1, 0.15) is 0 Å². The number of benzene rings is 2. The number of hydrogen-bond donors (Lipinski definition) is 0. The molecular formula is C24H26N4O3S. The molecule has 1 fully saturated rings. The van der Waals surface area contributed by atoms with Gasteiger partial charge in [-0.3, -0.25) is 4.79 Å². The van der Waals surface area contributed by atoms with Crippen molar-refractivity contribution < 1.29 is 13.2 Å². The van der Waals surface area contributed by atoms with Crippen LogP contribution in [0.25, 0.3) is 5.69 Å². The third kappa shape index (κ3) is 3.96. The average Bonchev–Trinajstić information content (AvgIpc) is 3.34. The number of carbonyl (C=O) groups excluding carboxylic acids is 1. The van der Waals surface area contributed by atoms with Gasteiger partial charge < -0.3 is 4.90 Å². The van der Waals surface area contributed by atoms with Gasteiger partial charge in [-0.1, -0.05) is 24.3 Å². The summed E-state index contributed by atoms with van der Waals surface area (Å²) in [7, 11) is -3.56. The lowest BCUT2D eigenvalue weighted by molar-refractivity contribution is 0.0698. The summed E-state index contributed by atoms with van der Waals surface area (Å²) in [6.45, 7) is 1.30. The fourth-order valence-electron chi connectivity index (χ4n) is 4.49. The molecule has 2 aliphatic rings. The molecule has 5 rings (SSSR count). The lowest BCUT2D eigenvalue weighted by atomic mass is 9.92. The first-order valence-electron chi connectivity index (χ1n) is 11.0. The van der Waals surface area contributed by atoms with Crippen molar-refractivity contribution in [3.63, 3.8) is 0 Å². The second-order valence-electron chi connectivity index (χ2n) is 8.34. The van der Waals surface area contributed by atoms with Crippen LogP contribution in [0, 0.1) is 0 Å². The van der Waals surface area contributed by atoms with Crippen LogP contribution in [-0.2, 0) is 22.9 Å². The highest BCUT2D eigenvalue weighted by Gasteiger charge is 2.31. The van der Waals surface area contributed by atoms with Gasteiger partial charge in [0.2, 0.25) is 10.0 Å². The Bertz CT molecular complexity index is 1230. The van der Waals surface area contributed by atoms with Gasteiger partial charge in [-0.2, -0.15) is 9.40 Å². The van der Waals surface area contributed by atoms with E-state index in [9.17, 15) is 13.2 Å². The van der Waals surface area contributed by atoms with Gasteiger partial charge >= 0.3 is 0 Å². The standard InChI is InChI=1S/C24H26N4O3S/c29-24(21-17-25-28(18-21)22-8-2-1-3-9-22)26-12-14-27(15-13-26)32(30,31)23-11-10-19-6-4-5-7-20(19)16-23/h1-3,8-11,16-18H,4-7,12-15H2. The zero-order valence-corrected chi connectivity index (χ0v) is 18.7. The molecule has 32 heavy (non-hydrogen) atoms. The molecule has 1 aliphatic heterocycles. The molecule has 0 radical (unpaired) electrons. The van der Waals surface area contributed by atoms with Crippen molar-refractivity contribution in [2.24, 2.45) is 0 Å². The summed E-state index contributed by atoms with van der Waals surface area (Å²) in [6, 6.07) is 15.1. The smallest absolute Gasteiger partial charge is 0.257 e. The maximum Gasteiger partial charge on any atom is 0.257 e. The van der Waals surface area contributed by atoms with E-state index in [-0.39, 0.29) is 19.0 Å². The molecule has 0 saturated carbocycles. The number of nitrogens with zero attached hydrogens (tertiary/aromatic N) is 4. The third-order valence-electron chi connectivity index (χ3n) is 6.33. The number of hydrogen-bond acceptors (Lipinski definition) is 4. The molecule has 0 atom stereocenters. The number of para-hydroxylation sites is 1. The van der Waals surface area contributed by atoms with Crippen LogP contribution in [0.2, 0.25) is 0 Å². The molecule has 3 aromatic rings. The van der Waals surface area contributed by atoms with Gasteiger partial charge in [0.05, 0.1) is 22.3 Å². The summed E-state index contributed by atoms with van der Waals surface area (Å²) < 4.78 is 29.5. The van der Waals surface area contributed by atoms with Crippen molar-refractivity contribution in [1.82, 2.24) is 19.0 Å². The Morgan fingerprint density at radius 3 is 2.34 bits per heavy atom. The molecule has 166 valence electrons. The molecule has 0 spiro atoms. The number of piperazine rings is 1. The van der Waals surface area contributed by atoms with Crippen LogP contribution in [0.15, 0.2) is 65.8 Å². The molecule has 1 aliphatic carbocycles. The predicted molar refractivity (Wildman–Crippen MR) is 121 cm³/mol. The van der Waals surface area contributed by atoms with E-state index in [0.717, 1.165) is 30.5 Å². The number of carbonyl (C=O) groups is 1. The van der Waals surface area contributed by atoms with Crippen LogP contribution in [-0.4, -0.2) is 59.5 Å². The fraction of sp³-hybridized carbons (Fsp3) is 0.333. The SMILES string of the molecule is O=C(c1cnn(-c2ccccc2)c1)N1CCN(S(=O)(=O)c2ccc3c(c2)CCCC3)CC1. The summed E-state index contributed by atoms with van der Waals surface area (Å²) in [5.74, 6) is -0.127. The van der Waals surface area contributed by atoms with Crippen molar-refractivity contribution in [3.8, 4) is 5.69 Å². The zero-order chi connectivity index (χ0) is 22.1. The van der Waals surface area contributed by atoms with Crippen molar-refractivity contribution in [3.05, 3.63) is 77.6 Å².